The van der Waals surface area contributed by atoms with Crippen molar-refractivity contribution >= 4 is 47.4 Å². The molecule has 4 saturated heterocycles. The van der Waals surface area contributed by atoms with E-state index in [1.165, 1.54) is 14.7 Å². The molecule has 7 atom stereocenters. The van der Waals surface area contributed by atoms with Gasteiger partial charge in [0.05, 0.1) is 0 Å². The van der Waals surface area contributed by atoms with Gasteiger partial charge in [0, 0.05) is 37.5 Å². The van der Waals surface area contributed by atoms with Gasteiger partial charge in [0.15, 0.2) is 5.82 Å². The Morgan fingerprint density at radius 2 is 1.60 bits per heavy atom. The molecule has 4 fully saturated rings. The SMILES string of the molecule is C[C@@H]1C[C@H]2C(=O)OC[C@H](NC(=O)[C@H](Cc3ccccc3)NC(=O)Nc3cc(C(C)(C)C)on3)C(=O)N3CCC[C@H]3C(=O)N3CCCC[C@H]3C(=O)N[C@@H](C)C(=O)N2C1. The second-order valence-electron chi connectivity index (χ2n) is 16.7. The summed E-state index contributed by atoms with van der Waals surface area (Å²) in [6.07, 6.45) is 2.93. The van der Waals surface area contributed by atoms with E-state index in [1.54, 1.807) is 37.3 Å². The van der Waals surface area contributed by atoms with Crippen LogP contribution in [0.2, 0.25) is 0 Å². The summed E-state index contributed by atoms with van der Waals surface area (Å²) in [7, 11) is 0. The van der Waals surface area contributed by atoms with Gasteiger partial charge >= 0.3 is 12.0 Å². The first-order chi connectivity index (χ1) is 27.1. The molecule has 0 radical (unpaired) electrons. The van der Waals surface area contributed by atoms with Crippen molar-refractivity contribution in [3.8, 4) is 0 Å². The number of piperidine rings is 1. The zero-order chi connectivity index (χ0) is 41.0. The largest absolute Gasteiger partial charge is 0.461 e. The van der Waals surface area contributed by atoms with Crippen molar-refractivity contribution < 1.29 is 42.8 Å². The smallest absolute Gasteiger partial charge is 0.328 e. The highest BCUT2D eigenvalue weighted by atomic mass is 16.5. The standard InChI is InChI=1S/C40H54N8O9/c1-23-18-30-38(54)56-22-27(42-33(49)26(19-25-12-7-6-8-13-25)43-39(55)44-32-20-31(57-45-32)40(3,4)5)36(52)47-17-11-15-29(47)37(53)46-16-10-9-14-28(46)34(50)41-24(2)35(51)48(30)21-23/h6-8,12-13,20,23-24,26-30H,9-11,14-19,21-22H2,1-5H3,(H,41,50)(H,42,49)(H2,43,44,45,55)/t23-,24+,26+,27+,28+,29+,30+/m1/s1. The maximum Gasteiger partial charge on any atom is 0.328 e. The van der Waals surface area contributed by atoms with Crippen molar-refractivity contribution in [2.45, 2.75) is 121 Å². The van der Waals surface area contributed by atoms with Crippen LogP contribution >= 0.6 is 0 Å². The van der Waals surface area contributed by atoms with Crippen LogP contribution in [0.5, 0.6) is 0 Å². The molecular formula is C40H54N8O9. The number of ether oxygens (including phenoxy) is 1. The normalized spacial score (nSPS) is 26.8. The highest BCUT2D eigenvalue weighted by molar-refractivity contribution is 5.98. The third kappa shape index (κ3) is 9.56. The Balaban J connectivity index is 1.29. The van der Waals surface area contributed by atoms with Crippen molar-refractivity contribution in [3.63, 3.8) is 0 Å². The minimum Gasteiger partial charge on any atom is -0.461 e. The molecule has 0 bridgehead atoms. The summed E-state index contributed by atoms with van der Waals surface area (Å²) in [5.74, 6) is -2.88. The number of carbonyl (C=O) groups is 7. The van der Waals surface area contributed by atoms with E-state index in [0.717, 1.165) is 0 Å². The molecule has 4 aliphatic rings. The number of nitrogens with one attached hydrogen (secondary N) is 4. The van der Waals surface area contributed by atoms with E-state index in [9.17, 15) is 33.6 Å². The average molecular weight is 791 g/mol. The molecule has 1 aromatic carbocycles. The topological polar surface area (TPSA) is 213 Å². The summed E-state index contributed by atoms with van der Waals surface area (Å²) in [5, 5.41) is 14.7. The van der Waals surface area contributed by atoms with Crippen LogP contribution in [-0.4, -0.2) is 124 Å². The average Bonchev–Trinajstić information content (AvgIpc) is 3.95. The molecule has 0 saturated carbocycles. The maximum atomic E-state index is 14.5. The molecular weight excluding hydrogens is 736 g/mol. The molecule has 0 spiro atoms. The molecule has 308 valence electrons. The number of hydrogen-bond donors (Lipinski definition) is 4. The van der Waals surface area contributed by atoms with Crippen LogP contribution in [0.15, 0.2) is 40.9 Å². The fourth-order valence-corrected chi connectivity index (χ4v) is 8.05. The monoisotopic (exact) mass is 790 g/mol. The highest BCUT2D eigenvalue weighted by Crippen LogP contribution is 2.28. The quantitative estimate of drug-likeness (QED) is 0.312. The van der Waals surface area contributed by atoms with Crippen LogP contribution in [0.3, 0.4) is 0 Å². The van der Waals surface area contributed by atoms with E-state index in [4.69, 9.17) is 9.26 Å². The zero-order valence-electron chi connectivity index (χ0n) is 33.2. The molecule has 6 rings (SSSR count). The molecule has 4 N–H and O–H groups in total. The second kappa shape index (κ2) is 17.3. The van der Waals surface area contributed by atoms with Gasteiger partial charge in [0.25, 0.3) is 0 Å². The number of carbonyl (C=O) groups excluding carboxylic acids is 7. The van der Waals surface area contributed by atoms with Crippen molar-refractivity contribution in [1.29, 1.82) is 0 Å². The molecule has 0 unspecified atom stereocenters. The van der Waals surface area contributed by atoms with E-state index in [0.29, 0.717) is 56.4 Å². The Bertz CT molecular complexity index is 1840. The lowest BCUT2D eigenvalue weighted by Gasteiger charge is -2.39. The Morgan fingerprint density at radius 1 is 0.895 bits per heavy atom. The van der Waals surface area contributed by atoms with Crippen LogP contribution in [-0.2, 0) is 45.3 Å². The first kappa shape index (κ1) is 41.2. The van der Waals surface area contributed by atoms with Crippen molar-refractivity contribution in [3.05, 3.63) is 47.7 Å². The summed E-state index contributed by atoms with van der Waals surface area (Å²) >= 11 is 0. The van der Waals surface area contributed by atoms with Gasteiger partial charge in [0.1, 0.15) is 48.6 Å². The fraction of sp³-hybridized carbons (Fsp3) is 0.600. The number of nitrogens with zero attached hydrogens (tertiary/aromatic N) is 4. The van der Waals surface area contributed by atoms with Crippen LogP contribution in [0.25, 0.3) is 0 Å². The summed E-state index contributed by atoms with van der Waals surface area (Å²) in [6.45, 7) is 9.40. The Morgan fingerprint density at radius 3 is 2.32 bits per heavy atom. The van der Waals surface area contributed by atoms with Gasteiger partial charge < -0.3 is 39.9 Å². The van der Waals surface area contributed by atoms with E-state index in [-0.39, 0.29) is 36.7 Å². The van der Waals surface area contributed by atoms with Crippen LogP contribution in [0, 0.1) is 5.92 Å². The Kier molecular flexibility index (Phi) is 12.5. The van der Waals surface area contributed by atoms with Crippen molar-refractivity contribution in [2.75, 3.05) is 31.6 Å². The van der Waals surface area contributed by atoms with E-state index in [1.807, 2.05) is 33.8 Å². The lowest BCUT2D eigenvalue weighted by Crippen LogP contribution is -2.62. The number of cyclic esters (lactones) is 1. The highest BCUT2D eigenvalue weighted by Gasteiger charge is 2.46. The van der Waals surface area contributed by atoms with Crippen molar-refractivity contribution in [1.82, 2.24) is 35.8 Å². The number of hydrogen-bond acceptors (Lipinski definition) is 10. The number of aromatic nitrogens is 1. The summed E-state index contributed by atoms with van der Waals surface area (Å²) in [6, 6.07) is 3.40. The fourth-order valence-electron chi connectivity index (χ4n) is 8.05. The number of rotatable bonds is 6. The Labute approximate surface area is 331 Å². The van der Waals surface area contributed by atoms with Crippen LogP contribution in [0.1, 0.15) is 84.5 Å². The molecule has 2 aromatic rings. The first-order valence-electron chi connectivity index (χ1n) is 19.9. The van der Waals surface area contributed by atoms with Gasteiger partial charge in [0.2, 0.25) is 29.5 Å². The van der Waals surface area contributed by atoms with E-state index < -0.39 is 84.4 Å². The van der Waals surface area contributed by atoms with E-state index >= 15 is 0 Å². The molecule has 17 heteroatoms. The minimum atomic E-state index is -1.46. The van der Waals surface area contributed by atoms with Gasteiger partial charge in [-0.15, -0.1) is 0 Å². The second-order valence-corrected chi connectivity index (χ2v) is 16.7. The summed E-state index contributed by atoms with van der Waals surface area (Å²) in [4.78, 5) is 102. The Hall–Kier alpha value is -5.48. The number of urea groups is 1. The van der Waals surface area contributed by atoms with Gasteiger partial charge in [-0.2, -0.15) is 0 Å². The molecule has 1 aromatic heterocycles. The number of esters is 1. The van der Waals surface area contributed by atoms with Crippen LogP contribution < -0.4 is 21.3 Å². The van der Waals surface area contributed by atoms with Gasteiger partial charge in [-0.1, -0.05) is 63.2 Å². The molecule has 57 heavy (non-hydrogen) atoms. The number of amides is 7. The number of fused-ring (bicyclic) bond motifs is 3. The predicted molar refractivity (Wildman–Crippen MR) is 205 cm³/mol. The zero-order valence-corrected chi connectivity index (χ0v) is 33.2. The molecule has 7 amide bonds. The van der Waals surface area contributed by atoms with Gasteiger partial charge in [-0.25, -0.2) is 9.59 Å². The third-order valence-corrected chi connectivity index (χ3v) is 11.1. The number of benzene rings is 1. The van der Waals surface area contributed by atoms with Gasteiger partial charge in [-0.05, 0) is 56.9 Å². The molecule has 0 aliphatic carbocycles. The van der Waals surface area contributed by atoms with Crippen molar-refractivity contribution in [2.24, 2.45) is 5.92 Å². The lowest BCUT2D eigenvalue weighted by atomic mass is 9.93. The molecule has 17 nitrogen and oxygen atoms in total. The molecule has 4 aliphatic heterocycles. The molecule has 5 heterocycles. The third-order valence-electron chi connectivity index (χ3n) is 11.1. The van der Waals surface area contributed by atoms with E-state index in [2.05, 4.69) is 26.4 Å². The lowest BCUT2D eigenvalue weighted by molar-refractivity contribution is -0.158. The minimum absolute atomic E-state index is 0.0330. The number of anilines is 1. The summed E-state index contributed by atoms with van der Waals surface area (Å²) < 4.78 is 11.1. The van der Waals surface area contributed by atoms with Gasteiger partial charge in [-0.3, -0.25) is 29.3 Å². The predicted octanol–water partition coefficient (Wildman–Crippen LogP) is 1.86. The maximum absolute atomic E-state index is 14.5. The summed E-state index contributed by atoms with van der Waals surface area (Å²) in [5.41, 5.74) is 0.343. The van der Waals surface area contributed by atoms with Crippen LogP contribution in [0.4, 0.5) is 10.6 Å². The first-order valence-corrected chi connectivity index (χ1v) is 19.9.